The van der Waals surface area contributed by atoms with E-state index in [0.29, 0.717) is 18.7 Å². The summed E-state index contributed by atoms with van der Waals surface area (Å²) in [5.74, 6) is -2.11. The first-order chi connectivity index (χ1) is 24.4. The number of fused-ring (bicyclic) bond motifs is 2. The number of tetrazole rings is 1. The summed E-state index contributed by atoms with van der Waals surface area (Å²) in [6.45, 7) is 5.28. The van der Waals surface area contributed by atoms with Crippen molar-refractivity contribution in [2.75, 3.05) is 6.54 Å². The number of carbonyl (C=O) groups excluding carboxylic acids is 3. The summed E-state index contributed by atoms with van der Waals surface area (Å²) in [5, 5.41) is 29.1. The number of allylic oxidation sites excluding steroid dienone is 1. The van der Waals surface area contributed by atoms with E-state index in [1.165, 1.54) is 9.70 Å². The van der Waals surface area contributed by atoms with Gasteiger partial charge in [0.05, 0.1) is 6.04 Å². The van der Waals surface area contributed by atoms with Gasteiger partial charge in [0.1, 0.15) is 23.2 Å². The van der Waals surface area contributed by atoms with Gasteiger partial charge < -0.3 is 25.4 Å². The molecule has 3 aromatic rings. The molecule has 1 aromatic heterocycles. The molecule has 3 aliphatic rings. The van der Waals surface area contributed by atoms with E-state index in [9.17, 15) is 24.3 Å². The Balaban J connectivity index is 1.29. The predicted molar refractivity (Wildman–Crippen MR) is 190 cm³/mol. The molecule has 3 N–H and O–H groups in total. The van der Waals surface area contributed by atoms with Crippen LogP contribution in [0.15, 0.2) is 66.7 Å². The molecule has 13 heteroatoms. The fourth-order valence-electron chi connectivity index (χ4n) is 6.78. The van der Waals surface area contributed by atoms with Crippen LogP contribution < -0.4 is 10.6 Å². The maximum Gasteiger partial charge on any atom is 0.408 e. The number of alkyl carbamates (subject to hydrolysis) is 1. The van der Waals surface area contributed by atoms with Crippen LogP contribution in [0, 0.1) is 5.92 Å². The van der Waals surface area contributed by atoms with E-state index in [0.717, 1.165) is 36.0 Å². The summed E-state index contributed by atoms with van der Waals surface area (Å²) in [7, 11) is 0. The number of amides is 3. The average Bonchev–Trinajstić information content (AvgIpc) is 3.39. The van der Waals surface area contributed by atoms with Crippen molar-refractivity contribution >= 4 is 36.0 Å². The van der Waals surface area contributed by atoms with Gasteiger partial charge in [-0.15, -0.1) is 10.2 Å². The standard InChI is InChI=1S/C38H45N7O6/c1-37(2,3)51-36(50)39-30-19-11-6-4-5-10-17-27-23-38(27,35(48)49)40-33(46)31-22-28(24-44(31)34(30)47)45-42-32(41-43-45)29-18-13-12-16-26(29)21-20-25-14-8-7-9-15-25/h7-10,12-18,20-21,27-28,30-31H,4-6,11,19,22-24H2,1-3H3,(H,39,50)(H,40,46)(H,48,49)/b17-10-,21-20+/t27-,28-,30+,31+,38+/m1/s1. The van der Waals surface area contributed by atoms with Gasteiger partial charge in [0.15, 0.2) is 0 Å². The molecule has 0 bridgehead atoms. The summed E-state index contributed by atoms with van der Waals surface area (Å²) in [6, 6.07) is 15.1. The predicted octanol–water partition coefficient (Wildman–Crippen LogP) is 5.03. The highest BCUT2D eigenvalue weighted by Crippen LogP contribution is 2.45. The third kappa shape index (κ3) is 8.35. The minimum Gasteiger partial charge on any atom is -0.479 e. The van der Waals surface area contributed by atoms with E-state index >= 15 is 0 Å². The zero-order chi connectivity index (χ0) is 36.2. The molecule has 51 heavy (non-hydrogen) atoms. The molecular weight excluding hydrogens is 650 g/mol. The minimum atomic E-state index is -1.44. The van der Waals surface area contributed by atoms with Crippen molar-refractivity contribution in [1.82, 2.24) is 35.7 Å². The van der Waals surface area contributed by atoms with Crippen LogP contribution in [0.5, 0.6) is 0 Å². The summed E-state index contributed by atoms with van der Waals surface area (Å²) >= 11 is 0. The number of hydrogen-bond acceptors (Lipinski definition) is 8. The monoisotopic (exact) mass is 695 g/mol. The highest BCUT2D eigenvalue weighted by Gasteiger charge is 2.61. The number of carboxylic acids is 1. The quantitative estimate of drug-likeness (QED) is 0.237. The number of nitrogens with one attached hydrogen (secondary N) is 2. The maximum atomic E-state index is 14.3. The second kappa shape index (κ2) is 14.9. The number of carbonyl (C=O) groups is 4. The van der Waals surface area contributed by atoms with Crippen LogP contribution in [0.25, 0.3) is 23.5 Å². The van der Waals surface area contributed by atoms with Gasteiger partial charge in [-0.3, -0.25) is 9.59 Å². The summed E-state index contributed by atoms with van der Waals surface area (Å²) in [4.78, 5) is 56.5. The zero-order valence-electron chi connectivity index (χ0n) is 29.2. The van der Waals surface area contributed by atoms with Crippen molar-refractivity contribution in [3.8, 4) is 11.4 Å². The van der Waals surface area contributed by atoms with Crippen molar-refractivity contribution in [3.05, 3.63) is 77.9 Å². The lowest BCUT2D eigenvalue weighted by Crippen LogP contribution is -2.56. The molecule has 13 nitrogen and oxygen atoms in total. The highest BCUT2D eigenvalue weighted by molar-refractivity contribution is 5.96. The van der Waals surface area contributed by atoms with Crippen molar-refractivity contribution in [2.24, 2.45) is 5.92 Å². The second-order valence-electron chi connectivity index (χ2n) is 14.5. The van der Waals surface area contributed by atoms with Crippen LogP contribution in [0.1, 0.15) is 82.9 Å². The third-order valence-corrected chi connectivity index (χ3v) is 9.54. The summed E-state index contributed by atoms with van der Waals surface area (Å²) < 4.78 is 5.48. The fraction of sp³-hybridized carbons (Fsp3) is 0.447. The molecule has 1 saturated carbocycles. The molecule has 0 unspecified atom stereocenters. The number of carboxylic acid groups (broad SMARTS) is 1. The molecular formula is C38H45N7O6. The zero-order valence-corrected chi connectivity index (χ0v) is 29.2. The SMILES string of the molecule is CC(C)(C)OC(=O)N[C@H]1CCCCC/C=C\[C@@H]2C[C@]2(C(=O)O)NC(=O)[C@@H]2C[C@@H](n3nnc(-c4ccccc4/C=C/c4ccccc4)n3)CN2C1=O. The average molecular weight is 696 g/mol. The number of nitrogens with zero attached hydrogens (tertiary/aromatic N) is 5. The van der Waals surface area contributed by atoms with E-state index in [1.807, 2.05) is 78.9 Å². The topological polar surface area (TPSA) is 169 Å². The smallest absolute Gasteiger partial charge is 0.408 e. The molecule has 2 fully saturated rings. The second-order valence-corrected chi connectivity index (χ2v) is 14.5. The molecule has 5 atom stereocenters. The van der Waals surface area contributed by atoms with Gasteiger partial charge in [-0.25, -0.2) is 9.59 Å². The highest BCUT2D eigenvalue weighted by atomic mass is 16.6. The van der Waals surface area contributed by atoms with Crippen LogP contribution in [0.2, 0.25) is 0 Å². The van der Waals surface area contributed by atoms with Gasteiger partial charge in [0.25, 0.3) is 0 Å². The molecule has 1 saturated heterocycles. The van der Waals surface area contributed by atoms with Crippen molar-refractivity contribution < 1.29 is 29.0 Å². The van der Waals surface area contributed by atoms with Gasteiger partial charge in [-0.2, -0.15) is 4.80 Å². The Labute approximate surface area is 297 Å². The number of aliphatic carboxylic acids is 1. The number of ether oxygens (including phenoxy) is 1. The number of rotatable bonds is 6. The van der Waals surface area contributed by atoms with Crippen LogP contribution in [-0.4, -0.2) is 83.9 Å². The third-order valence-electron chi connectivity index (χ3n) is 9.54. The largest absolute Gasteiger partial charge is 0.479 e. The minimum absolute atomic E-state index is 0.0537. The van der Waals surface area contributed by atoms with Crippen LogP contribution in [0.4, 0.5) is 4.79 Å². The summed E-state index contributed by atoms with van der Waals surface area (Å²) in [5.41, 5.74) is 0.468. The first kappa shape index (κ1) is 35.5. The maximum absolute atomic E-state index is 14.3. The Morgan fingerprint density at radius 2 is 1.80 bits per heavy atom. The van der Waals surface area contributed by atoms with Crippen molar-refractivity contribution in [1.29, 1.82) is 0 Å². The van der Waals surface area contributed by atoms with Gasteiger partial charge in [0.2, 0.25) is 17.6 Å². The Morgan fingerprint density at radius 1 is 1.04 bits per heavy atom. The Morgan fingerprint density at radius 3 is 2.57 bits per heavy atom. The molecule has 0 spiro atoms. The molecule has 3 heterocycles. The number of hydrogen-bond donors (Lipinski definition) is 3. The van der Waals surface area contributed by atoms with E-state index in [-0.39, 0.29) is 25.3 Å². The van der Waals surface area contributed by atoms with E-state index in [2.05, 4.69) is 20.9 Å². The lowest BCUT2D eigenvalue weighted by atomic mass is 10.0. The van der Waals surface area contributed by atoms with Crippen LogP contribution in [0.3, 0.4) is 0 Å². The van der Waals surface area contributed by atoms with Gasteiger partial charge >= 0.3 is 12.1 Å². The summed E-state index contributed by atoms with van der Waals surface area (Å²) in [6.07, 6.45) is 10.9. The molecule has 3 amide bonds. The molecule has 2 aliphatic heterocycles. The van der Waals surface area contributed by atoms with E-state index in [1.54, 1.807) is 20.8 Å². The number of benzene rings is 2. The molecule has 0 radical (unpaired) electrons. The Hall–Kier alpha value is -5.33. The first-order valence-corrected chi connectivity index (χ1v) is 17.6. The molecule has 2 aromatic carbocycles. The lowest BCUT2D eigenvalue weighted by molar-refractivity contribution is -0.145. The van der Waals surface area contributed by atoms with Crippen molar-refractivity contribution in [2.45, 2.75) is 95.0 Å². The molecule has 6 rings (SSSR count). The fourth-order valence-corrected chi connectivity index (χ4v) is 6.78. The number of aromatic nitrogens is 4. The van der Waals surface area contributed by atoms with Crippen LogP contribution in [-0.2, 0) is 19.1 Å². The van der Waals surface area contributed by atoms with Gasteiger partial charge in [-0.05, 0) is 62.8 Å². The first-order valence-electron chi connectivity index (χ1n) is 17.6. The van der Waals surface area contributed by atoms with E-state index in [4.69, 9.17) is 9.84 Å². The van der Waals surface area contributed by atoms with E-state index < -0.39 is 53.1 Å². The van der Waals surface area contributed by atoms with Gasteiger partial charge in [-0.1, -0.05) is 91.7 Å². The van der Waals surface area contributed by atoms with Gasteiger partial charge in [0, 0.05) is 24.4 Å². The molecule has 268 valence electrons. The Kier molecular flexibility index (Phi) is 10.4. The lowest BCUT2D eigenvalue weighted by Gasteiger charge is -2.30. The Bertz CT molecular complexity index is 1820. The normalized spacial score (nSPS) is 26.3. The van der Waals surface area contributed by atoms with Crippen molar-refractivity contribution in [3.63, 3.8) is 0 Å². The van der Waals surface area contributed by atoms with Crippen LogP contribution >= 0.6 is 0 Å². The molecule has 1 aliphatic carbocycles.